The van der Waals surface area contributed by atoms with Crippen LogP contribution >= 0.6 is 0 Å². The highest BCUT2D eigenvalue weighted by Gasteiger charge is 2.27. The number of piperidine rings is 1. The summed E-state index contributed by atoms with van der Waals surface area (Å²) < 4.78 is 10.6. The van der Waals surface area contributed by atoms with E-state index in [1.165, 1.54) is 7.11 Å². The molecule has 0 spiro atoms. The van der Waals surface area contributed by atoms with Gasteiger partial charge in [0.15, 0.2) is 11.6 Å². The zero-order valence-electron chi connectivity index (χ0n) is 12.3. The maximum Gasteiger partial charge on any atom is 0.308 e. The van der Waals surface area contributed by atoms with Crippen LogP contribution < -0.4 is 9.64 Å². The Bertz CT molecular complexity index is 454. The van der Waals surface area contributed by atoms with Crippen LogP contribution in [0.2, 0.25) is 0 Å². The summed E-state index contributed by atoms with van der Waals surface area (Å²) in [6, 6.07) is 3.82. The summed E-state index contributed by atoms with van der Waals surface area (Å²) in [5.41, 5.74) is 0. The van der Waals surface area contributed by atoms with E-state index in [0.717, 1.165) is 37.5 Å². The number of ether oxygens (including phenoxy) is 2. The normalized spacial score (nSPS) is 16.3. The minimum atomic E-state index is -0.107. The van der Waals surface area contributed by atoms with Crippen molar-refractivity contribution in [3.05, 3.63) is 18.3 Å². The minimum Gasteiger partial charge on any atom is -0.487 e. The van der Waals surface area contributed by atoms with E-state index in [9.17, 15) is 4.79 Å². The molecule has 0 N–H and O–H groups in total. The lowest BCUT2D eigenvalue weighted by atomic mass is 9.97. The van der Waals surface area contributed by atoms with Gasteiger partial charge in [-0.05, 0) is 38.8 Å². The highest BCUT2D eigenvalue weighted by atomic mass is 16.5. The van der Waals surface area contributed by atoms with Crippen LogP contribution in [0.4, 0.5) is 5.82 Å². The van der Waals surface area contributed by atoms with Crippen LogP contribution in [0.5, 0.6) is 5.75 Å². The van der Waals surface area contributed by atoms with Gasteiger partial charge in [-0.15, -0.1) is 0 Å². The molecule has 0 amide bonds. The molecular weight excluding hydrogens is 256 g/mol. The number of carbonyl (C=O) groups excluding carboxylic acids is 1. The predicted molar refractivity (Wildman–Crippen MR) is 77.0 cm³/mol. The van der Waals surface area contributed by atoms with Crippen molar-refractivity contribution >= 4 is 11.8 Å². The van der Waals surface area contributed by atoms with Crippen molar-refractivity contribution < 1.29 is 14.3 Å². The third-order valence-corrected chi connectivity index (χ3v) is 3.44. The first-order valence-electron chi connectivity index (χ1n) is 7.06. The summed E-state index contributed by atoms with van der Waals surface area (Å²) in [4.78, 5) is 18.1. The van der Waals surface area contributed by atoms with Gasteiger partial charge < -0.3 is 14.4 Å². The Balaban J connectivity index is 2.05. The molecule has 1 fully saturated rings. The maximum absolute atomic E-state index is 11.5. The zero-order valence-corrected chi connectivity index (χ0v) is 12.3. The number of esters is 1. The van der Waals surface area contributed by atoms with Crippen LogP contribution in [0.15, 0.2) is 18.3 Å². The van der Waals surface area contributed by atoms with E-state index in [2.05, 4.69) is 9.88 Å². The summed E-state index contributed by atoms with van der Waals surface area (Å²) in [5.74, 6) is 1.57. The predicted octanol–water partition coefficient (Wildman–Crippen LogP) is 2.26. The topological polar surface area (TPSA) is 51.7 Å². The molecule has 1 aromatic rings. The first kappa shape index (κ1) is 14.6. The number of pyridine rings is 1. The summed E-state index contributed by atoms with van der Waals surface area (Å²) >= 11 is 0. The molecule has 0 radical (unpaired) electrons. The van der Waals surface area contributed by atoms with Crippen LogP contribution in [0, 0.1) is 5.92 Å². The van der Waals surface area contributed by atoms with Gasteiger partial charge in [-0.25, -0.2) is 4.98 Å². The van der Waals surface area contributed by atoms with Crippen LogP contribution in [0.25, 0.3) is 0 Å². The molecule has 5 heteroatoms. The molecule has 5 nitrogen and oxygen atoms in total. The molecule has 0 saturated carbocycles. The molecule has 1 saturated heterocycles. The number of anilines is 1. The Morgan fingerprint density at radius 1 is 1.40 bits per heavy atom. The Hall–Kier alpha value is -1.78. The highest BCUT2D eigenvalue weighted by molar-refractivity contribution is 5.72. The fourth-order valence-electron chi connectivity index (χ4n) is 2.46. The zero-order chi connectivity index (χ0) is 14.5. The van der Waals surface area contributed by atoms with Crippen molar-refractivity contribution in [2.24, 2.45) is 5.92 Å². The molecule has 2 rings (SSSR count). The standard InChI is InChI=1S/C15H22N2O3/c1-11(2)20-13-5-4-8-16-14(13)17-9-6-12(7-10-17)15(18)19-3/h4-5,8,11-12H,6-7,9-10H2,1-3H3. The van der Waals surface area contributed by atoms with Gasteiger partial charge in [-0.3, -0.25) is 4.79 Å². The summed E-state index contributed by atoms with van der Waals surface area (Å²) in [5, 5.41) is 0. The third kappa shape index (κ3) is 3.40. The SMILES string of the molecule is COC(=O)C1CCN(c2ncccc2OC(C)C)CC1. The van der Waals surface area contributed by atoms with Crippen molar-refractivity contribution in [3.63, 3.8) is 0 Å². The highest BCUT2D eigenvalue weighted by Crippen LogP contribution is 2.30. The Morgan fingerprint density at radius 2 is 2.10 bits per heavy atom. The van der Waals surface area contributed by atoms with Gasteiger partial charge >= 0.3 is 5.97 Å². The summed E-state index contributed by atoms with van der Waals surface area (Å²) in [6.07, 6.45) is 3.48. The number of hydrogen-bond donors (Lipinski definition) is 0. The average molecular weight is 278 g/mol. The van der Waals surface area contributed by atoms with Crippen molar-refractivity contribution in [1.29, 1.82) is 0 Å². The minimum absolute atomic E-state index is 0.00873. The van der Waals surface area contributed by atoms with Gasteiger partial charge in [0.2, 0.25) is 0 Å². The molecule has 0 unspecified atom stereocenters. The Morgan fingerprint density at radius 3 is 2.70 bits per heavy atom. The lowest BCUT2D eigenvalue weighted by molar-refractivity contribution is -0.146. The molecule has 0 atom stereocenters. The number of rotatable bonds is 4. The van der Waals surface area contributed by atoms with Gasteiger partial charge in [0.05, 0.1) is 19.1 Å². The van der Waals surface area contributed by atoms with E-state index in [4.69, 9.17) is 9.47 Å². The molecule has 20 heavy (non-hydrogen) atoms. The first-order valence-corrected chi connectivity index (χ1v) is 7.06. The van der Waals surface area contributed by atoms with E-state index in [0.29, 0.717) is 0 Å². The second-order valence-electron chi connectivity index (χ2n) is 5.28. The van der Waals surface area contributed by atoms with Crippen LogP contribution in [0.1, 0.15) is 26.7 Å². The van der Waals surface area contributed by atoms with Crippen LogP contribution in [-0.2, 0) is 9.53 Å². The van der Waals surface area contributed by atoms with Gasteiger partial charge in [0.25, 0.3) is 0 Å². The van der Waals surface area contributed by atoms with Gasteiger partial charge in [-0.2, -0.15) is 0 Å². The molecule has 1 aliphatic rings. The first-order chi connectivity index (χ1) is 9.61. The van der Waals surface area contributed by atoms with Crippen molar-refractivity contribution in [2.45, 2.75) is 32.8 Å². The van der Waals surface area contributed by atoms with Gasteiger partial charge in [0, 0.05) is 19.3 Å². The molecular formula is C15H22N2O3. The molecule has 0 aliphatic carbocycles. The number of aromatic nitrogens is 1. The molecule has 0 bridgehead atoms. The fourth-order valence-corrected chi connectivity index (χ4v) is 2.46. The van der Waals surface area contributed by atoms with E-state index < -0.39 is 0 Å². The van der Waals surface area contributed by atoms with Crippen molar-refractivity contribution in [3.8, 4) is 5.75 Å². The lowest BCUT2D eigenvalue weighted by Gasteiger charge is -2.32. The second kappa shape index (κ2) is 6.59. The third-order valence-electron chi connectivity index (χ3n) is 3.44. The summed E-state index contributed by atoms with van der Waals surface area (Å²) in [6.45, 7) is 5.59. The van der Waals surface area contributed by atoms with Crippen molar-refractivity contribution in [2.75, 3.05) is 25.1 Å². The van der Waals surface area contributed by atoms with Crippen LogP contribution in [0.3, 0.4) is 0 Å². The van der Waals surface area contributed by atoms with Gasteiger partial charge in [0.1, 0.15) is 0 Å². The molecule has 1 aliphatic heterocycles. The number of hydrogen-bond acceptors (Lipinski definition) is 5. The van der Waals surface area contributed by atoms with E-state index in [-0.39, 0.29) is 18.0 Å². The molecule has 110 valence electrons. The largest absolute Gasteiger partial charge is 0.487 e. The van der Waals surface area contributed by atoms with Gasteiger partial charge in [-0.1, -0.05) is 0 Å². The second-order valence-corrected chi connectivity index (χ2v) is 5.28. The maximum atomic E-state index is 11.5. The number of carbonyl (C=O) groups is 1. The number of methoxy groups -OCH3 is 1. The molecule has 1 aromatic heterocycles. The Kier molecular flexibility index (Phi) is 4.82. The average Bonchev–Trinajstić information content (AvgIpc) is 2.46. The Labute approximate surface area is 119 Å². The molecule has 0 aromatic carbocycles. The fraction of sp³-hybridized carbons (Fsp3) is 0.600. The number of nitrogens with zero attached hydrogens (tertiary/aromatic N) is 2. The lowest BCUT2D eigenvalue weighted by Crippen LogP contribution is -2.37. The summed E-state index contributed by atoms with van der Waals surface area (Å²) in [7, 11) is 1.45. The smallest absolute Gasteiger partial charge is 0.308 e. The molecule has 2 heterocycles. The van der Waals surface area contributed by atoms with Crippen molar-refractivity contribution in [1.82, 2.24) is 4.98 Å². The van der Waals surface area contributed by atoms with E-state index in [1.54, 1.807) is 6.20 Å². The monoisotopic (exact) mass is 278 g/mol. The van der Waals surface area contributed by atoms with Crippen LogP contribution in [-0.4, -0.2) is 37.3 Å². The quantitative estimate of drug-likeness (QED) is 0.791. The van der Waals surface area contributed by atoms with E-state index >= 15 is 0 Å². The van der Waals surface area contributed by atoms with E-state index in [1.807, 2.05) is 26.0 Å².